The van der Waals surface area contributed by atoms with Crippen LogP contribution in [0.1, 0.15) is 30.1 Å². The number of nitrogens with zero attached hydrogens (tertiary/aromatic N) is 5. The smallest absolute Gasteiger partial charge is 0.254 e. The van der Waals surface area contributed by atoms with Crippen LogP contribution in [0.25, 0.3) is 5.65 Å². The lowest BCUT2D eigenvalue weighted by Crippen LogP contribution is -2.29. The largest absolute Gasteiger partial charge is 0.338 e. The molecule has 1 amide bonds. The van der Waals surface area contributed by atoms with Gasteiger partial charge in [-0.1, -0.05) is 11.6 Å². The highest BCUT2D eigenvalue weighted by atomic mass is 16.2. The van der Waals surface area contributed by atoms with Crippen LogP contribution in [-0.2, 0) is 0 Å². The third-order valence-corrected chi connectivity index (χ3v) is 4.66. The first-order valence-corrected chi connectivity index (χ1v) is 7.33. The Labute approximate surface area is 122 Å². The molecule has 3 heterocycles. The van der Waals surface area contributed by atoms with Crippen LogP contribution in [0.4, 0.5) is 0 Å². The molecule has 2 aliphatic rings. The van der Waals surface area contributed by atoms with Crippen LogP contribution in [0.2, 0.25) is 0 Å². The van der Waals surface area contributed by atoms with Gasteiger partial charge < -0.3 is 4.90 Å². The predicted molar refractivity (Wildman–Crippen MR) is 76.7 cm³/mol. The molecular formula is C15H17N5O. The van der Waals surface area contributed by atoms with Crippen LogP contribution in [-0.4, -0.2) is 43.9 Å². The number of tetrazole rings is 1. The lowest BCUT2D eigenvalue weighted by Gasteiger charge is -2.21. The first kappa shape index (κ1) is 12.5. The number of hydrogen-bond donors (Lipinski definition) is 0. The summed E-state index contributed by atoms with van der Waals surface area (Å²) < 4.78 is 1.56. The Balaban J connectivity index is 1.55. The number of allylic oxidation sites excluding steroid dienone is 2. The lowest BCUT2D eigenvalue weighted by molar-refractivity contribution is 0.0784. The normalized spacial score (nSPS) is 25.0. The molecule has 2 aromatic heterocycles. The number of carbonyl (C=O) groups is 1. The van der Waals surface area contributed by atoms with E-state index in [1.807, 2.05) is 4.90 Å². The summed E-state index contributed by atoms with van der Waals surface area (Å²) in [4.78, 5) is 14.7. The van der Waals surface area contributed by atoms with Gasteiger partial charge in [0.1, 0.15) is 0 Å². The molecule has 1 aliphatic carbocycles. The van der Waals surface area contributed by atoms with E-state index in [0.717, 1.165) is 25.9 Å². The molecule has 2 aromatic rings. The van der Waals surface area contributed by atoms with Crippen molar-refractivity contribution < 1.29 is 4.79 Å². The minimum absolute atomic E-state index is 0.0903. The summed E-state index contributed by atoms with van der Waals surface area (Å²) in [6, 6.07) is 3.55. The molecule has 108 valence electrons. The third kappa shape index (κ3) is 2.11. The van der Waals surface area contributed by atoms with Gasteiger partial charge in [-0.15, -0.1) is 5.10 Å². The van der Waals surface area contributed by atoms with Gasteiger partial charge in [-0.3, -0.25) is 4.79 Å². The fraction of sp³-hybridized carbons (Fsp3) is 0.467. The molecule has 6 nitrogen and oxygen atoms in total. The minimum atomic E-state index is 0.0903. The molecule has 0 spiro atoms. The summed E-state index contributed by atoms with van der Waals surface area (Å²) >= 11 is 0. The van der Waals surface area contributed by atoms with E-state index in [2.05, 4.69) is 28.5 Å². The Morgan fingerprint density at radius 2 is 2.19 bits per heavy atom. The van der Waals surface area contributed by atoms with Crippen LogP contribution in [0.15, 0.2) is 30.0 Å². The zero-order valence-corrected chi connectivity index (χ0v) is 11.9. The molecular weight excluding hydrogens is 266 g/mol. The summed E-state index contributed by atoms with van der Waals surface area (Å²) in [5.74, 6) is 1.33. The molecule has 0 saturated carbocycles. The number of carbonyl (C=O) groups excluding carboxylic acids is 1. The Morgan fingerprint density at radius 3 is 3.10 bits per heavy atom. The summed E-state index contributed by atoms with van der Waals surface area (Å²) in [7, 11) is 0. The highest BCUT2D eigenvalue weighted by Crippen LogP contribution is 2.36. The second-order valence-electron chi connectivity index (χ2n) is 6.12. The first-order valence-electron chi connectivity index (χ1n) is 7.33. The molecule has 1 fully saturated rings. The average Bonchev–Trinajstić information content (AvgIpc) is 3.11. The number of fused-ring (bicyclic) bond motifs is 2. The molecule has 4 rings (SSSR count). The highest BCUT2D eigenvalue weighted by Gasteiger charge is 2.36. The number of likely N-dealkylation sites (tertiary alicyclic amines) is 1. The van der Waals surface area contributed by atoms with Gasteiger partial charge in [0.25, 0.3) is 5.91 Å². The van der Waals surface area contributed by atoms with Crippen molar-refractivity contribution in [1.82, 2.24) is 24.9 Å². The van der Waals surface area contributed by atoms with Gasteiger partial charge in [0.2, 0.25) is 0 Å². The van der Waals surface area contributed by atoms with Gasteiger partial charge in [-0.2, -0.15) is 0 Å². The van der Waals surface area contributed by atoms with Crippen molar-refractivity contribution in [2.75, 3.05) is 13.1 Å². The second kappa shape index (κ2) is 4.65. The van der Waals surface area contributed by atoms with Crippen molar-refractivity contribution in [3.63, 3.8) is 0 Å². The van der Waals surface area contributed by atoms with E-state index in [1.54, 1.807) is 22.8 Å². The van der Waals surface area contributed by atoms with Gasteiger partial charge in [0, 0.05) is 24.8 Å². The number of amides is 1. The standard InChI is InChI=1S/C15H17N5O/c1-10-2-3-12-8-19(9-13(12)6-10)15(21)11-4-5-20-14(7-11)16-17-18-20/h2,4-5,7,12-13H,3,6,8-9H2,1H3/t12-,13+/m1/s1. The van der Waals surface area contributed by atoms with E-state index in [0.29, 0.717) is 23.0 Å². The SMILES string of the molecule is CC1=CC[C@@H]2CN(C(=O)c3ccn4nnnc4c3)C[C@@H]2C1. The average molecular weight is 283 g/mol. The maximum absolute atomic E-state index is 12.7. The maximum atomic E-state index is 12.7. The van der Waals surface area contributed by atoms with Gasteiger partial charge in [0.05, 0.1) is 0 Å². The van der Waals surface area contributed by atoms with Gasteiger partial charge in [0.15, 0.2) is 5.65 Å². The molecule has 2 atom stereocenters. The predicted octanol–water partition coefficient (Wildman–Crippen LogP) is 1.55. The van der Waals surface area contributed by atoms with E-state index in [-0.39, 0.29) is 5.91 Å². The summed E-state index contributed by atoms with van der Waals surface area (Å²) in [6.07, 6.45) is 6.29. The highest BCUT2D eigenvalue weighted by molar-refractivity contribution is 5.95. The topological polar surface area (TPSA) is 63.4 Å². The molecule has 21 heavy (non-hydrogen) atoms. The third-order valence-electron chi connectivity index (χ3n) is 4.66. The van der Waals surface area contributed by atoms with E-state index in [4.69, 9.17) is 0 Å². The molecule has 1 saturated heterocycles. The molecule has 0 unspecified atom stereocenters. The van der Waals surface area contributed by atoms with Gasteiger partial charge in [-0.05, 0) is 54.2 Å². The fourth-order valence-electron chi connectivity index (χ4n) is 3.51. The van der Waals surface area contributed by atoms with Crippen LogP contribution < -0.4 is 0 Å². The molecule has 0 radical (unpaired) electrons. The quantitative estimate of drug-likeness (QED) is 0.745. The zero-order valence-electron chi connectivity index (χ0n) is 11.9. The molecule has 1 aliphatic heterocycles. The van der Waals surface area contributed by atoms with E-state index >= 15 is 0 Å². The fourth-order valence-corrected chi connectivity index (χ4v) is 3.51. The van der Waals surface area contributed by atoms with E-state index < -0.39 is 0 Å². The van der Waals surface area contributed by atoms with E-state index in [9.17, 15) is 4.79 Å². The maximum Gasteiger partial charge on any atom is 0.254 e. The molecule has 0 bridgehead atoms. The lowest BCUT2D eigenvalue weighted by atomic mass is 9.83. The van der Waals surface area contributed by atoms with Crippen molar-refractivity contribution in [2.45, 2.75) is 19.8 Å². The zero-order chi connectivity index (χ0) is 14.4. The van der Waals surface area contributed by atoms with Crippen LogP contribution in [0, 0.1) is 11.8 Å². The molecule has 0 aromatic carbocycles. The van der Waals surface area contributed by atoms with Crippen molar-refractivity contribution >= 4 is 11.6 Å². The van der Waals surface area contributed by atoms with E-state index in [1.165, 1.54) is 5.57 Å². The minimum Gasteiger partial charge on any atom is -0.338 e. The molecule has 0 N–H and O–H groups in total. The number of rotatable bonds is 1. The van der Waals surface area contributed by atoms with Crippen molar-refractivity contribution in [1.29, 1.82) is 0 Å². The van der Waals surface area contributed by atoms with Gasteiger partial charge >= 0.3 is 0 Å². The number of hydrogen-bond acceptors (Lipinski definition) is 4. The van der Waals surface area contributed by atoms with Crippen molar-refractivity contribution in [3.05, 3.63) is 35.5 Å². The van der Waals surface area contributed by atoms with Crippen LogP contribution in [0.5, 0.6) is 0 Å². The van der Waals surface area contributed by atoms with Crippen molar-refractivity contribution in [3.8, 4) is 0 Å². The number of pyridine rings is 1. The Bertz CT molecular complexity index is 734. The first-order chi connectivity index (χ1) is 10.2. The number of aromatic nitrogens is 4. The van der Waals surface area contributed by atoms with Crippen LogP contribution in [0.3, 0.4) is 0 Å². The Kier molecular flexibility index (Phi) is 2.77. The Hall–Kier alpha value is -2.24. The second-order valence-corrected chi connectivity index (χ2v) is 6.12. The summed E-state index contributed by atoms with van der Waals surface area (Å²) in [5.41, 5.74) is 2.73. The summed E-state index contributed by atoms with van der Waals surface area (Å²) in [5, 5.41) is 11.3. The monoisotopic (exact) mass is 283 g/mol. The van der Waals surface area contributed by atoms with Crippen molar-refractivity contribution in [2.24, 2.45) is 11.8 Å². The molecule has 6 heteroatoms. The Morgan fingerprint density at radius 1 is 1.33 bits per heavy atom. The van der Waals surface area contributed by atoms with Gasteiger partial charge in [-0.25, -0.2) is 4.52 Å². The summed E-state index contributed by atoms with van der Waals surface area (Å²) in [6.45, 7) is 3.92. The van der Waals surface area contributed by atoms with Crippen LogP contribution >= 0.6 is 0 Å².